The summed E-state index contributed by atoms with van der Waals surface area (Å²) >= 11 is 0. The average Bonchev–Trinajstić information content (AvgIpc) is 2.81. The zero-order valence-corrected chi connectivity index (χ0v) is 9.48. The minimum absolute atomic E-state index is 0.111. The maximum absolute atomic E-state index is 11.6. The van der Waals surface area contributed by atoms with Gasteiger partial charge in [0.05, 0.1) is 11.9 Å². The van der Waals surface area contributed by atoms with E-state index in [4.69, 9.17) is 0 Å². The van der Waals surface area contributed by atoms with E-state index in [0.717, 1.165) is 18.0 Å². The highest BCUT2D eigenvalue weighted by molar-refractivity contribution is 5.90. The molecule has 3 nitrogen and oxygen atoms in total. The Morgan fingerprint density at radius 1 is 1.44 bits per heavy atom. The molecule has 1 aromatic rings. The van der Waals surface area contributed by atoms with Gasteiger partial charge < -0.3 is 5.32 Å². The Morgan fingerprint density at radius 2 is 2.25 bits per heavy atom. The summed E-state index contributed by atoms with van der Waals surface area (Å²) in [6, 6.07) is 3.69. The van der Waals surface area contributed by atoms with Crippen LogP contribution in [-0.2, 0) is 4.79 Å². The van der Waals surface area contributed by atoms with Gasteiger partial charge in [0.1, 0.15) is 0 Å². The zero-order valence-electron chi connectivity index (χ0n) is 9.48. The molecule has 1 aliphatic rings. The first-order chi connectivity index (χ1) is 7.84. The number of hydrogen-bond donors (Lipinski definition) is 1. The molecule has 0 unspecified atom stereocenters. The quantitative estimate of drug-likeness (QED) is 0.844. The number of nitrogens with zero attached hydrogens (tertiary/aromatic N) is 1. The Hall–Kier alpha value is -1.38. The Morgan fingerprint density at radius 3 is 2.94 bits per heavy atom. The normalized spacial score (nSPS) is 16.2. The van der Waals surface area contributed by atoms with Gasteiger partial charge in [-0.05, 0) is 24.5 Å². The molecule has 1 saturated carbocycles. The van der Waals surface area contributed by atoms with Gasteiger partial charge in [-0.3, -0.25) is 9.78 Å². The third-order valence-electron chi connectivity index (χ3n) is 3.20. The number of pyridine rings is 1. The van der Waals surface area contributed by atoms with Crippen molar-refractivity contribution in [1.82, 2.24) is 4.98 Å². The van der Waals surface area contributed by atoms with E-state index >= 15 is 0 Å². The summed E-state index contributed by atoms with van der Waals surface area (Å²) in [6.45, 7) is 0. The molecular formula is C13H18N2O. The zero-order chi connectivity index (χ0) is 11.2. The lowest BCUT2D eigenvalue weighted by Gasteiger charge is -2.08. The summed E-state index contributed by atoms with van der Waals surface area (Å²) < 4.78 is 0. The van der Waals surface area contributed by atoms with Crippen molar-refractivity contribution >= 4 is 11.6 Å². The molecule has 2 rings (SSSR count). The largest absolute Gasteiger partial charge is 0.325 e. The van der Waals surface area contributed by atoms with Gasteiger partial charge >= 0.3 is 0 Å². The van der Waals surface area contributed by atoms with E-state index in [1.165, 1.54) is 25.7 Å². The topological polar surface area (TPSA) is 42.0 Å². The second-order valence-corrected chi connectivity index (χ2v) is 4.48. The van der Waals surface area contributed by atoms with Crippen LogP contribution >= 0.6 is 0 Å². The summed E-state index contributed by atoms with van der Waals surface area (Å²) in [5.41, 5.74) is 0.791. The molecule has 0 aromatic carbocycles. The molecule has 1 heterocycles. The van der Waals surface area contributed by atoms with Crippen LogP contribution in [0.5, 0.6) is 0 Å². The molecule has 0 aliphatic heterocycles. The lowest BCUT2D eigenvalue weighted by Crippen LogP contribution is -2.12. The first kappa shape index (κ1) is 11.1. The van der Waals surface area contributed by atoms with Crippen LogP contribution in [0.2, 0.25) is 0 Å². The van der Waals surface area contributed by atoms with E-state index < -0.39 is 0 Å². The van der Waals surface area contributed by atoms with E-state index in [9.17, 15) is 4.79 Å². The Balaban J connectivity index is 1.72. The molecule has 3 heteroatoms. The molecule has 1 aliphatic carbocycles. The summed E-state index contributed by atoms with van der Waals surface area (Å²) in [4.78, 5) is 15.6. The van der Waals surface area contributed by atoms with Gasteiger partial charge in [-0.1, -0.05) is 25.7 Å². The highest BCUT2D eigenvalue weighted by atomic mass is 16.1. The number of carbonyl (C=O) groups is 1. The first-order valence-corrected chi connectivity index (χ1v) is 6.04. The van der Waals surface area contributed by atoms with E-state index in [1.807, 2.05) is 12.1 Å². The summed E-state index contributed by atoms with van der Waals surface area (Å²) in [6.07, 6.45) is 10.3. The molecule has 0 bridgehead atoms. The Labute approximate surface area is 96.3 Å². The van der Waals surface area contributed by atoms with Crippen molar-refractivity contribution < 1.29 is 4.79 Å². The average molecular weight is 218 g/mol. The number of nitrogens with one attached hydrogen (secondary N) is 1. The van der Waals surface area contributed by atoms with Gasteiger partial charge in [0.15, 0.2) is 0 Å². The molecule has 0 atom stereocenters. The van der Waals surface area contributed by atoms with Crippen molar-refractivity contribution in [1.29, 1.82) is 0 Å². The second kappa shape index (κ2) is 5.64. The minimum Gasteiger partial charge on any atom is -0.325 e. The first-order valence-electron chi connectivity index (χ1n) is 6.04. The predicted molar refractivity (Wildman–Crippen MR) is 64.1 cm³/mol. The van der Waals surface area contributed by atoms with Crippen LogP contribution < -0.4 is 5.32 Å². The van der Waals surface area contributed by atoms with Crippen molar-refractivity contribution in [2.24, 2.45) is 5.92 Å². The Bertz CT molecular complexity index is 331. The van der Waals surface area contributed by atoms with Gasteiger partial charge in [0.2, 0.25) is 5.91 Å². The fourth-order valence-electron chi connectivity index (χ4n) is 2.29. The van der Waals surface area contributed by atoms with E-state index in [-0.39, 0.29) is 5.91 Å². The summed E-state index contributed by atoms with van der Waals surface area (Å²) in [5, 5.41) is 2.86. The number of carbonyl (C=O) groups excluding carboxylic acids is 1. The Kier molecular flexibility index (Phi) is 3.91. The number of amides is 1. The van der Waals surface area contributed by atoms with Crippen LogP contribution in [0, 0.1) is 5.92 Å². The van der Waals surface area contributed by atoms with Gasteiger partial charge in [0, 0.05) is 12.6 Å². The maximum atomic E-state index is 11.6. The number of rotatable bonds is 4. The minimum atomic E-state index is 0.111. The van der Waals surface area contributed by atoms with Gasteiger partial charge in [-0.25, -0.2) is 0 Å². The highest BCUT2D eigenvalue weighted by Crippen LogP contribution is 2.28. The van der Waals surface area contributed by atoms with Crippen LogP contribution in [0.15, 0.2) is 24.5 Å². The van der Waals surface area contributed by atoms with Gasteiger partial charge in [0.25, 0.3) is 0 Å². The van der Waals surface area contributed by atoms with Crippen LogP contribution in [0.25, 0.3) is 0 Å². The van der Waals surface area contributed by atoms with Gasteiger partial charge in [-0.15, -0.1) is 0 Å². The smallest absolute Gasteiger partial charge is 0.224 e. The molecule has 0 spiro atoms. The molecule has 1 N–H and O–H groups in total. The molecule has 0 saturated heterocycles. The predicted octanol–water partition coefficient (Wildman–Crippen LogP) is 2.99. The molecule has 16 heavy (non-hydrogen) atoms. The molecular weight excluding hydrogens is 200 g/mol. The van der Waals surface area contributed by atoms with Crippen LogP contribution in [0.1, 0.15) is 38.5 Å². The standard InChI is InChI=1S/C13H18N2O/c16-13(8-7-11-4-1-2-5-11)15-12-6-3-9-14-10-12/h3,6,9-11H,1-2,4-5,7-8H2,(H,15,16). The molecule has 1 amide bonds. The van der Waals surface area contributed by atoms with Crippen molar-refractivity contribution in [3.8, 4) is 0 Å². The SMILES string of the molecule is O=C(CCC1CCCC1)Nc1cccnc1. The lowest BCUT2D eigenvalue weighted by molar-refractivity contribution is -0.116. The third-order valence-corrected chi connectivity index (χ3v) is 3.20. The second-order valence-electron chi connectivity index (χ2n) is 4.48. The van der Waals surface area contributed by atoms with Crippen molar-refractivity contribution in [3.63, 3.8) is 0 Å². The van der Waals surface area contributed by atoms with Gasteiger partial charge in [-0.2, -0.15) is 0 Å². The molecule has 86 valence electrons. The lowest BCUT2D eigenvalue weighted by atomic mass is 10.0. The summed E-state index contributed by atoms with van der Waals surface area (Å²) in [7, 11) is 0. The van der Waals surface area contributed by atoms with Crippen LogP contribution in [-0.4, -0.2) is 10.9 Å². The third kappa shape index (κ3) is 3.33. The molecule has 1 aromatic heterocycles. The van der Waals surface area contributed by atoms with E-state index in [0.29, 0.717) is 6.42 Å². The van der Waals surface area contributed by atoms with Crippen LogP contribution in [0.4, 0.5) is 5.69 Å². The summed E-state index contributed by atoms with van der Waals surface area (Å²) in [5.74, 6) is 0.888. The number of aromatic nitrogens is 1. The van der Waals surface area contributed by atoms with Crippen molar-refractivity contribution in [3.05, 3.63) is 24.5 Å². The number of hydrogen-bond acceptors (Lipinski definition) is 2. The maximum Gasteiger partial charge on any atom is 0.224 e. The van der Waals surface area contributed by atoms with E-state index in [1.54, 1.807) is 12.4 Å². The van der Waals surface area contributed by atoms with Crippen LogP contribution in [0.3, 0.4) is 0 Å². The van der Waals surface area contributed by atoms with E-state index in [2.05, 4.69) is 10.3 Å². The molecule has 1 fully saturated rings. The molecule has 0 radical (unpaired) electrons. The van der Waals surface area contributed by atoms with Crippen molar-refractivity contribution in [2.75, 3.05) is 5.32 Å². The fourth-order valence-corrected chi connectivity index (χ4v) is 2.29. The highest BCUT2D eigenvalue weighted by Gasteiger charge is 2.15. The fraction of sp³-hybridized carbons (Fsp3) is 0.538. The number of anilines is 1. The van der Waals surface area contributed by atoms with Crippen molar-refractivity contribution in [2.45, 2.75) is 38.5 Å². The monoisotopic (exact) mass is 218 g/mol.